The van der Waals surface area contributed by atoms with Gasteiger partial charge in [0.15, 0.2) is 0 Å². The standard InChI is InChI=1S/C13H22ClN3/c1-3-11-13(14)12(17(4-2)16-11)8-9-6-5-7-10(9)15/h9-10H,3-8,15H2,1-2H3. The zero-order valence-corrected chi connectivity index (χ0v) is 11.5. The van der Waals surface area contributed by atoms with Crippen molar-refractivity contribution in [2.75, 3.05) is 0 Å². The van der Waals surface area contributed by atoms with Crippen LogP contribution in [0, 0.1) is 5.92 Å². The largest absolute Gasteiger partial charge is 0.327 e. The van der Waals surface area contributed by atoms with Crippen LogP contribution in [0.15, 0.2) is 0 Å². The normalized spacial score (nSPS) is 24.5. The molecule has 1 saturated carbocycles. The fourth-order valence-corrected chi connectivity index (χ4v) is 3.13. The van der Waals surface area contributed by atoms with E-state index in [0.29, 0.717) is 12.0 Å². The Morgan fingerprint density at radius 1 is 1.41 bits per heavy atom. The van der Waals surface area contributed by atoms with Crippen LogP contribution in [0.4, 0.5) is 0 Å². The first-order valence-electron chi connectivity index (χ1n) is 6.67. The summed E-state index contributed by atoms with van der Waals surface area (Å²) in [7, 11) is 0. The quantitative estimate of drug-likeness (QED) is 0.899. The van der Waals surface area contributed by atoms with Crippen molar-refractivity contribution >= 4 is 11.6 Å². The van der Waals surface area contributed by atoms with Crippen molar-refractivity contribution < 1.29 is 0 Å². The Hall–Kier alpha value is -0.540. The molecule has 0 bridgehead atoms. The Labute approximate surface area is 108 Å². The summed E-state index contributed by atoms with van der Waals surface area (Å²) in [6, 6.07) is 0.344. The summed E-state index contributed by atoms with van der Waals surface area (Å²) < 4.78 is 2.05. The second-order valence-electron chi connectivity index (χ2n) is 4.94. The molecule has 2 N–H and O–H groups in total. The lowest BCUT2D eigenvalue weighted by atomic mass is 9.98. The Balaban J connectivity index is 2.21. The molecule has 1 fully saturated rings. The van der Waals surface area contributed by atoms with E-state index in [4.69, 9.17) is 17.3 Å². The van der Waals surface area contributed by atoms with Gasteiger partial charge in [-0.1, -0.05) is 24.9 Å². The lowest BCUT2D eigenvalue weighted by Gasteiger charge is -2.16. The van der Waals surface area contributed by atoms with Gasteiger partial charge in [0, 0.05) is 12.6 Å². The highest BCUT2D eigenvalue weighted by atomic mass is 35.5. The van der Waals surface area contributed by atoms with Crippen LogP contribution in [0.3, 0.4) is 0 Å². The molecule has 4 heteroatoms. The van der Waals surface area contributed by atoms with Crippen molar-refractivity contribution in [2.45, 2.75) is 58.5 Å². The third-order valence-electron chi connectivity index (χ3n) is 3.87. The highest BCUT2D eigenvalue weighted by Crippen LogP contribution is 2.31. The van der Waals surface area contributed by atoms with Gasteiger partial charge in [0.05, 0.1) is 16.4 Å². The molecule has 0 radical (unpaired) electrons. The fraction of sp³-hybridized carbons (Fsp3) is 0.769. The Kier molecular flexibility index (Phi) is 4.10. The van der Waals surface area contributed by atoms with Crippen LogP contribution in [0.1, 0.15) is 44.5 Å². The third-order valence-corrected chi connectivity index (χ3v) is 4.30. The molecule has 1 aromatic heterocycles. The number of hydrogen-bond acceptors (Lipinski definition) is 2. The summed E-state index contributed by atoms with van der Waals surface area (Å²) >= 11 is 6.41. The summed E-state index contributed by atoms with van der Waals surface area (Å²) in [4.78, 5) is 0. The molecule has 0 aliphatic heterocycles. The minimum absolute atomic E-state index is 0.344. The molecule has 0 spiro atoms. The minimum atomic E-state index is 0.344. The zero-order chi connectivity index (χ0) is 12.4. The number of aromatic nitrogens is 2. The van der Waals surface area contributed by atoms with Crippen molar-refractivity contribution in [3.05, 3.63) is 16.4 Å². The van der Waals surface area contributed by atoms with E-state index in [1.807, 2.05) is 4.68 Å². The third kappa shape index (κ3) is 2.50. The van der Waals surface area contributed by atoms with E-state index < -0.39 is 0 Å². The Morgan fingerprint density at radius 3 is 2.71 bits per heavy atom. The average molecular weight is 256 g/mol. The van der Waals surface area contributed by atoms with Crippen LogP contribution < -0.4 is 5.73 Å². The van der Waals surface area contributed by atoms with Gasteiger partial charge in [0.2, 0.25) is 0 Å². The first-order chi connectivity index (χ1) is 8.17. The minimum Gasteiger partial charge on any atom is -0.327 e. The van der Waals surface area contributed by atoms with E-state index in [1.165, 1.54) is 18.5 Å². The maximum Gasteiger partial charge on any atom is 0.0849 e. The van der Waals surface area contributed by atoms with E-state index in [1.54, 1.807) is 0 Å². The first kappa shape index (κ1) is 12.9. The van der Waals surface area contributed by atoms with E-state index in [9.17, 15) is 0 Å². The monoisotopic (exact) mass is 255 g/mol. The molecule has 1 heterocycles. The first-order valence-corrected chi connectivity index (χ1v) is 7.04. The van der Waals surface area contributed by atoms with Crippen LogP contribution in [0.5, 0.6) is 0 Å². The molecule has 1 aliphatic carbocycles. The van der Waals surface area contributed by atoms with Gasteiger partial charge in [-0.25, -0.2) is 0 Å². The molecule has 1 aliphatic rings. The molecule has 2 rings (SSSR count). The number of nitrogens with zero attached hydrogens (tertiary/aromatic N) is 2. The SMILES string of the molecule is CCc1nn(CC)c(CC2CCCC2N)c1Cl. The lowest BCUT2D eigenvalue weighted by molar-refractivity contribution is 0.457. The van der Waals surface area contributed by atoms with E-state index >= 15 is 0 Å². The molecular formula is C13H22ClN3. The van der Waals surface area contributed by atoms with E-state index in [2.05, 4.69) is 18.9 Å². The van der Waals surface area contributed by atoms with Gasteiger partial charge in [0.1, 0.15) is 0 Å². The average Bonchev–Trinajstić information content (AvgIpc) is 2.86. The maximum absolute atomic E-state index is 6.41. The van der Waals surface area contributed by atoms with Crippen LogP contribution in [-0.4, -0.2) is 15.8 Å². The second kappa shape index (κ2) is 5.40. The van der Waals surface area contributed by atoms with Gasteiger partial charge in [-0.2, -0.15) is 5.10 Å². The molecule has 96 valence electrons. The van der Waals surface area contributed by atoms with Gasteiger partial charge < -0.3 is 5.73 Å². The van der Waals surface area contributed by atoms with Crippen LogP contribution in [0.2, 0.25) is 5.02 Å². The Bertz CT molecular complexity index is 386. The van der Waals surface area contributed by atoms with Crippen LogP contribution in [-0.2, 0) is 19.4 Å². The highest BCUT2D eigenvalue weighted by molar-refractivity contribution is 6.31. The molecule has 1 aromatic rings. The molecule has 2 atom stereocenters. The van der Waals surface area contributed by atoms with Gasteiger partial charge in [-0.3, -0.25) is 4.68 Å². The highest BCUT2D eigenvalue weighted by Gasteiger charge is 2.27. The van der Waals surface area contributed by atoms with Gasteiger partial charge >= 0.3 is 0 Å². The summed E-state index contributed by atoms with van der Waals surface area (Å²) in [5.41, 5.74) is 8.35. The predicted molar refractivity (Wildman–Crippen MR) is 71.3 cm³/mol. The Morgan fingerprint density at radius 2 is 2.18 bits per heavy atom. The van der Waals surface area contributed by atoms with Gasteiger partial charge in [-0.15, -0.1) is 0 Å². The van der Waals surface area contributed by atoms with Crippen molar-refractivity contribution in [1.82, 2.24) is 9.78 Å². The molecule has 0 amide bonds. The number of rotatable bonds is 4. The second-order valence-corrected chi connectivity index (χ2v) is 5.31. The summed E-state index contributed by atoms with van der Waals surface area (Å²) in [5.74, 6) is 0.583. The molecule has 2 unspecified atom stereocenters. The number of aryl methyl sites for hydroxylation is 2. The zero-order valence-electron chi connectivity index (χ0n) is 10.7. The molecular weight excluding hydrogens is 234 g/mol. The van der Waals surface area contributed by atoms with E-state index in [-0.39, 0.29) is 0 Å². The molecule has 0 saturated heterocycles. The summed E-state index contributed by atoms with van der Waals surface area (Å²) in [5, 5.41) is 5.43. The predicted octanol–water partition coefficient (Wildman–Crippen LogP) is 2.79. The van der Waals surface area contributed by atoms with Crippen LogP contribution in [0.25, 0.3) is 0 Å². The smallest absolute Gasteiger partial charge is 0.0849 e. The van der Waals surface area contributed by atoms with Crippen molar-refractivity contribution in [3.8, 4) is 0 Å². The van der Waals surface area contributed by atoms with Crippen molar-refractivity contribution in [1.29, 1.82) is 0 Å². The van der Waals surface area contributed by atoms with Gasteiger partial charge in [0.25, 0.3) is 0 Å². The molecule has 17 heavy (non-hydrogen) atoms. The van der Waals surface area contributed by atoms with E-state index in [0.717, 1.165) is 36.5 Å². The lowest BCUT2D eigenvalue weighted by Crippen LogP contribution is -2.26. The molecule has 0 aromatic carbocycles. The maximum atomic E-state index is 6.41. The van der Waals surface area contributed by atoms with Crippen molar-refractivity contribution in [2.24, 2.45) is 11.7 Å². The summed E-state index contributed by atoms with van der Waals surface area (Å²) in [6.45, 7) is 5.09. The number of nitrogens with two attached hydrogens (primary N) is 1. The van der Waals surface area contributed by atoms with Gasteiger partial charge in [-0.05, 0) is 38.5 Å². The van der Waals surface area contributed by atoms with Crippen LogP contribution >= 0.6 is 11.6 Å². The molecule has 3 nitrogen and oxygen atoms in total. The summed E-state index contributed by atoms with van der Waals surface area (Å²) in [6.07, 6.45) is 5.53. The fourth-order valence-electron chi connectivity index (χ4n) is 2.78. The number of halogens is 1. The topological polar surface area (TPSA) is 43.8 Å². The number of hydrogen-bond donors (Lipinski definition) is 1. The van der Waals surface area contributed by atoms with Crippen molar-refractivity contribution in [3.63, 3.8) is 0 Å².